The molecule has 4 rings (SSSR count). The molecule has 2 aromatic heterocycles. The van der Waals surface area contributed by atoms with Crippen LogP contribution in [-0.2, 0) is 16.6 Å². The van der Waals surface area contributed by atoms with Crippen LogP contribution in [0.1, 0.15) is 17.8 Å². The van der Waals surface area contributed by atoms with Gasteiger partial charge in [0.1, 0.15) is 0 Å². The lowest BCUT2D eigenvalue weighted by atomic mass is 10.1. The highest BCUT2D eigenvalue weighted by Crippen LogP contribution is 2.30. The summed E-state index contributed by atoms with van der Waals surface area (Å²) in [5.74, 6) is -0.103. The van der Waals surface area contributed by atoms with E-state index in [9.17, 15) is 9.59 Å². The normalized spacial score (nSPS) is 17.3. The van der Waals surface area contributed by atoms with Gasteiger partial charge in [-0.15, -0.1) is 0 Å². The Morgan fingerprint density at radius 2 is 2.08 bits per heavy atom. The maximum Gasteiger partial charge on any atom is 0.229 e. The Balaban J connectivity index is 1.55. The van der Waals surface area contributed by atoms with Gasteiger partial charge in [-0.2, -0.15) is 10.2 Å². The maximum atomic E-state index is 12.7. The average molecular weight is 352 g/mol. The summed E-state index contributed by atoms with van der Waals surface area (Å²) >= 11 is 0. The molecule has 134 valence electrons. The molecule has 0 radical (unpaired) electrons. The molecular weight excluding hydrogens is 332 g/mol. The van der Waals surface area contributed by atoms with Crippen molar-refractivity contribution in [1.82, 2.24) is 20.0 Å². The van der Waals surface area contributed by atoms with Gasteiger partial charge in [-0.05, 0) is 26.0 Å². The SMILES string of the molecule is Cc1nn(C)c(C)c1NC(=O)[C@H]1CC(=O)N(c2n[nH]c3ccccc23)C1. The highest BCUT2D eigenvalue weighted by molar-refractivity contribution is 6.07. The minimum absolute atomic E-state index is 0.0953. The van der Waals surface area contributed by atoms with Crippen LogP contribution in [0.25, 0.3) is 10.9 Å². The topological polar surface area (TPSA) is 95.9 Å². The third kappa shape index (κ3) is 2.54. The summed E-state index contributed by atoms with van der Waals surface area (Å²) in [6.45, 7) is 4.07. The number of nitrogens with one attached hydrogen (secondary N) is 2. The predicted octanol–water partition coefficient (Wildman–Crippen LogP) is 1.90. The maximum absolute atomic E-state index is 12.7. The van der Waals surface area contributed by atoms with Gasteiger partial charge in [0.25, 0.3) is 0 Å². The van der Waals surface area contributed by atoms with E-state index in [2.05, 4.69) is 20.6 Å². The Labute approximate surface area is 150 Å². The molecule has 1 saturated heterocycles. The van der Waals surface area contributed by atoms with Crippen molar-refractivity contribution < 1.29 is 9.59 Å². The van der Waals surface area contributed by atoms with E-state index in [1.807, 2.05) is 45.2 Å². The molecule has 26 heavy (non-hydrogen) atoms. The number of aromatic amines is 1. The molecule has 8 nitrogen and oxygen atoms in total. The van der Waals surface area contributed by atoms with Gasteiger partial charge in [-0.25, -0.2) is 0 Å². The Morgan fingerprint density at radius 1 is 1.31 bits per heavy atom. The lowest BCUT2D eigenvalue weighted by Crippen LogP contribution is -2.28. The van der Waals surface area contributed by atoms with Crippen LogP contribution >= 0.6 is 0 Å². The fourth-order valence-electron chi connectivity index (χ4n) is 3.42. The van der Waals surface area contributed by atoms with Gasteiger partial charge in [0.05, 0.1) is 28.5 Å². The molecule has 0 unspecified atom stereocenters. The average Bonchev–Trinajstić information content (AvgIpc) is 3.27. The largest absolute Gasteiger partial charge is 0.323 e. The number of carbonyl (C=O) groups excluding carboxylic acids is 2. The highest BCUT2D eigenvalue weighted by Gasteiger charge is 2.37. The van der Waals surface area contributed by atoms with E-state index in [1.54, 1.807) is 9.58 Å². The van der Waals surface area contributed by atoms with Crippen molar-refractivity contribution in [3.05, 3.63) is 35.7 Å². The Morgan fingerprint density at radius 3 is 2.81 bits per heavy atom. The zero-order valence-corrected chi connectivity index (χ0v) is 14.9. The molecule has 2 amide bonds. The molecule has 1 aliphatic rings. The monoisotopic (exact) mass is 352 g/mol. The number of anilines is 2. The standard InChI is InChI=1S/C18H20N6O2/c1-10-16(11(2)23(3)22-10)19-18(26)12-8-15(25)24(9-12)17-13-6-4-5-7-14(13)20-21-17/h4-7,12H,8-9H2,1-3H3,(H,19,26)(H,20,21)/t12-/m0/s1. The van der Waals surface area contributed by atoms with Gasteiger partial charge in [-0.1, -0.05) is 12.1 Å². The minimum Gasteiger partial charge on any atom is -0.323 e. The van der Waals surface area contributed by atoms with Crippen LogP contribution in [0, 0.1) is 19.8 Å². The van der Waals surface area contributed by atoms with Crippen LogP contribution in [0.15, 0.2) is 24.3 Å². The van der Waals surface area contributed by atoms with Gasteiger partial charge in [0, 0.05) is 25.4 Å². The van der Waals surface area contributed by atoms with E-state index < -0.39 is 5.92 Å². The van der Waals surface area contributed by atoms with Crippen molar-refractivity contribution >= 4 is 34.2 Å². The summed E-state index contributed by atoms with van der Waals surface area (Å²) in [6, 6.07) is 7.63. The number of aryl methyl sites for hydroxylation is 2. The quantitative estimate of drug-likeness (QED) is 0.752. The number of carbonyl (C=O) groups is 2. The van der Waals surface area contributed by atoms with Gasteiger partial charge in [0.2, 0.25) is 11.8 Å². The third-order valence-electron chi connectivity index (χ3n) is 4.96. The van der Waals surface area contributed by atoms with Gasteiger partial charge in [0.15, 0.2) is 5.82 Å². The number of aromatic nitrogens is 4. The number of rotatable bonds is 3. The zero-order valence-electron chi connectivity index (χ0n) is 14.9. The molecule has 0 spiro atoms. The minimum atomic E-state index is -0.419. The summed E-state index contributed by atoms with van der Waals surface area (Å²) in [4.78, 5) is 26.8. The van der Waals surface area contributed by atoms with Gasteiger partial charge in [-0.3, -0.25) is 24.3 Å². The molecule has 1 aromatic carbocycles. The summed E-state index contributed by atoms with van der Waals surface area (Å²) in [7, 11) is 1.83. The number of nitrogens with zero attached hydrogens (tertiary/aromatic N) is 4. The second-order valence-corrected chi connectivity index (χ2v) is 6.66. The lowest BCUT2D eigenvalue weighted by molar-refractivity contribution is -0.122. The van der Waals surface area contributed by atoms with E-state index >= 15 is 0 Å². The summed E-state index contributed by atoms with van der Waals surface area (Å²) in [5, 5.41) is 15.3. The van der Waals surface area contributed by atoms with E-state index in [-0.39, 0.29) is 18.2 Å². The van der Waals surface area contributed by atoms with Crippen molar-refractivity contribution in [2.45, 2.75) is 20.3 Å². The Kier molecular flexibility index (Phi) is 3.75. The molecular formula is C18H20N6O2. The summed E-state index contributed by atoms with van der Waals surface area (Å²) in [5.41, 5.74) is 3.23. The second kappa shape index (κ2) is 5.98. The van der Waals surface area contributed by atoms with E-state index in [4.69, 9.17) is 0 Å². The van der Waals surface area contributed by atoms with E-state index in [0.29, 0.717) is 18.1 Å². The molecule has 3 aromatic rings. The lowest BCUT2D eigenvalue weighted by Gasteiger charge is -2.14. The van der Waals surface area contributed by atoms with Gasteiger partial charge < -0.3 is 5.32 Å². The first-order valence-corrected chi connectivity index (χ1v) is 8.50. The molecule has 1 aliphatic heterocycles. The summed E-state index contributed by atoms with van der Waals surface area (Å²) < 4.78 is 1.73. The number of para-hydroxylation sites is 1. The summed E-state index contributed by atoms with van der Waals surface area (Å²) in [6.07, 6.45) is 0.172. The van der Waals surface area contributed by atoms with Crippen molar-refractivity contribution in [3.63, 3.8) is 0 Å². The molecule has 2 N–H and O–H groups in total. The molecule has 0 bridgehead atoms. The first kappa shape index (κ1) is 16.3. The van der Waals surface area contributed by atoms with Crippen molar-refractivity contribution in [1.29, 1.82) is 0 Å². The number of H-pyrrole nitrogens is 1. The van der Waals surface area contributed by atoms with Crippen LogP contribution in [0.3, 0.4) is 0 Å². The highest BCUT2D eigenvalue weighted by atomic mass is 16.2. The molecule has 8 heteroatoms. The number of fused-ring (bicyclic) bond motifs is 1. The number of benzene rings is 1. The zero-order chi connectivity index (χ0) is 18.4. The smallest absolute Gasteiger partial charge is 0.229 e. The second-order valence-electron chi connectivity index (χ2n) is 6.66. The molecule has 1 fully saturated rings. The molecule has 0 saturated carbocycles. The molecule has 3 heterocycles. The van der Waals surface area contributed by atoms with Crippen molar-refractivity contribution in [2.24, 2.45) is 13.0 Å². The van der Waals surface area contributed by atoms with Crippen LogP contribution in [0.4, 0.5) is 11.5 Å². The number of hydrogen-bond donors (Lipinski definition) is 2. The first-order valence-electron chi connectivity index (χ1n) is 8.50. The van der Waals surface area contributed by atoms with Crippen molar-refractivity contribution in [2.75, 3.05) is 16.8 Å². The van der Waals surface area contributed by atoms with Crippen LogP contribution in [0.2, 0.25) is 0 Å². The molecule has 1 atom stereocenters. The number of hydrogen-bond acceptors (Lipinski definition) is 4. The van der Waals surface area contributed by atoms with E-state index in [1.165, 1.54) is 0 Å². The number of amides is 2. The Hall–Kier alpha value is -3.16. The van der Waals surface area contributed by atoms with Crippen LogP contribution in [0.5, 0.6) is 0 Å². The first-order chi connectivity index (χ1) is 12.5. The fraction of sp³-hybridized carbons (Fsp3) is 0.333. The van der Waals surface area contributed by atoms with E-state index in [0.717, 1.165) is 22.3 Å². The predicted molar refractivity (Wildman–Crippen MR) is 97.9 cm³/mol. The fourth-order valence-corrected chi connectivity index (χ4v) is 3.42. The third-order valence-corrected chi connectivity index (χ3v) is 4.96. The van der Waals surface area contributed by atoms with Gasteiger partial charge >= 0.3 is 0 Å². The van der Waals surface area contributed by atoms with Crippen LogP contribution < -0.4 is 10.2 Å². The Bertz CT molecular complexity index is 1020. The van der Waals surface area contributed by atoms with Crippen LogP contribution in [-0.4, -0.2) is 38.3 Å². The molecule has 0 aliphatic carbocycles. The van der Waals surface area contributed by atoms with Crippen molar-refractivity contribution in [3.8, 4) is 0 Å².